The van der Waals surface area contributed by atoms with E-state index in [1.807, 2.05) is 45.0 Å². The third kappa shape index (κ3) is 4.47. The Labute approximate surface area is 226 Å². The number of nitrogens with one attached hydrogen (secondary N) is 1. The third-order valence-corrected chi connectivity index (χ3v) is 10.2. The van der Waals surface area contributed by atoms with Gasteiger partial charge >= 0.3 is 0 Å². The molecular formula is C26H33N5O5S2. The molecule has 3 aliphatic heterocycles. The van der Waals surface area contributed by atoms with Crippen molar-refractivity contribution in [1.29, 1.82) is 0 Å². The van der Waals surface area contributed by atoms with Gasteiger partial charge in [-0.2, -0.15) is 4.31 Å². The molecule has 0 spiro atoms. The number of hydrogen-bond acceptors (Lipinski definition) is 8. The molecule has 0 bridgehead atoms. The maximum absolute atomic E-state index is 13.9. The number of hydrogen-bond donors (Lipinski definition) is 2. The first-order valence-corrected chi connectivity index (χ1v) is 15.3. The summed E-state index contributed by atoms with van der Waals surface area (Å²) in [5.41, 5.74) is 2.66. The van der Waals surface area contributed by atoms with E-state index < -0.39 is 39.2 Å². The maximum atomic E-state index is 13.9. The van der Waals surface area contributed by atoms with Gasteiger partial charge in [0.25, 0.3) is 5.91 Å². The van der Waals surface area contributed by atoms with Gasteiger partial charge in [0.1, 0.15) is 11.9 Å². The van der Waals surface area contributed by atoms with Gasteiger partial charge in [-0.25, -0.2) is 18.4 Å². The summed E-state index contributed by atoms with van der Waals surface area (Å²) in [6.07, 6.45) is 1.05. The fraction of sp³-hybridized carbons (Fsp3) is 0.538. The Hall–Kier alpha value is -2.67. The van der Waals surface area contributed by atoms with E-state index >= 15 is 0 Å². The normalized spacial score (nSPS) is 29.5. The number of aliphatic hydroxyl groups is 1. The lowest BCUT2D eigenvalue weighted by atomic mass is 9.84. The first kappa shape index (κ1) is 26.9. The van der Waals surface area contributed by atoms with Gasteiger partial charge in [-0.05, 0) is 36.8 Å². The molecule has 0 radical (unpaired) electrons. The number of aryl methyl sites for hydroxylation is 1. The summed E-state index contributed by atoms with van der Waals surface area (Å²) in [5.74, 6) is -0.386. The predicted molar refractivity (Wildman–Crippen MR) is 145 cm³/mol. The molecule has 4 heterocycles. The maximum Gasteiger partial charge on any atom is 0.257 e. The smallest absolute Gasteiger partial charge is 0.257 e. The zero-order valence-electron chi connectivity index (χ0n) is 22.1. The zero-order chi connectivity index (χ0) is 27.6. The van der Waals surface area contributed by atoms with Crippen LogP contribution in [0.15, 0.2) is 34.8 Å². The average molecular weight is 560 g/mol. The number of benzene rings is 1. The Bertz CT molecular complexity index is 1420. The molecule has 0 unspecified atom stereocenters. The second-order valence-corrected chi connectivity index (χ2v) is 14.1. The molecule has 204 valence electrons. The molecule has 2 aromatic rings. The second-order valence-electron chi connectivity index (χ2n) is 11.3. The number of amides is 2. The molecule has 2 N–H and O–H groups in total. The first-order valence-electron chi connectivity index (χ1n) is 12.6. The number of aromatic nitrogens is 1. The molecule has 3 aliphatic rings. The van der Waals surface area contributed by atoms with Gasteiger partial charge in [-0.1, -0.05) is 38.1 Å². The van der Waals surface area contributed by atoms with Crippen molar-refractivity contribution in [2.75, 3.05) is 19.3 Å². The molecule has 38 heavy (non-hydrogen) atoms. The van der Waals surface area contributed by atoms with Crippen LogP contribution in [-0.2, 0) is 25.2 Å². The van der Waals surface area contributed by atoms with Crippen molar-refractivity contribution in [3.63, 3.8) is 0 Å². The molecule has 1 aromatic heterocycles. The molecule has 12 heteroatoms. The number of aliphatic imine (C=N–C) groups is 1. The Kier molecular flexibility index (Phi) is 6.53. The molecule has 0 saturated carbocycles. The molecule has 4 atom stereocenters. The summed E-state index contributed by atoms with van der Waals surface area (Å²) in [7, 11) is -3.61. The van der Waals surface area contributed by atoms with Crippen molar-refractivity contribution < 1.29 is 23.1 Å². The van der Waals surface area contributed by atoms with Crippen molar-refractivity contribution in [2.45, 2.75) is 64.3 Å². The summed E-state index contributed by atoms with van der Waals surface area (Å²) in [4.78, 5) is 38.7. The number of thiazole rings is 1. The van der Waals surface area contributed by atoms with Gasteiger partial charge in [0.2, 0.25) is 15.9 Å². The molecule has 5 rings (SSSR count). The number of carbonyl (C=O) groups excluding carboxylic acids is 2. The molecule has 0 aliphatic carbocycles. The van der Waals surface area contributed by atoms with Crippen LogP contribution in [0.25, 0.3) is 10.4 Å². The Morgan fingerprint density at radius 2 is 1.89 bits per heavy atom. The minimum atomic E-state index is -3.61. The number of carbonyl (C=O) groups is 2. The number of β-amino-alcohol motifs (C(OH)–C–C–N with tert-alkyl or cyclic N) is 1. The van der Waals surface area contributed by atoms with Crippen LogP contribution in [0, 0.1) is 12.3 Å². The third-order valence-electron chi connectivity index (χ3n) is 8.02. The van der Waals surface area contributed by atoms with Crippen molar-refractivity contribution in [3.05, 3.63) is 41.0 Å². The summed E-state index contributed by atoms with van der Waals surface area (Å²) in [5, 5.41) is 13.4. The SMILES string of the molecule is Cc1ncsc1-c1ccc([C@]2(C)N=C([C@@H]3C[C@@H](O)CN3C(=O)[C@@H]3N(S(C)(=O)=O)CCC3(C)C)NC2=O)cc1. The quantitative estimate of drug-likeness (QED) is 0.575. The number of nitrogens with zero attached hydrogens (tertiary/aromatic N) is 4. The lowest BCUT2D eigenvalue weighted by molar-refractivity contribution is -0.137. The highest BCUT2D eigenvalue weighted by Crippen LogP contribution is 2.40. The van der Waals surface area contributed by atoms with E-state index in [2.05, 4.69) is 10.3 Å². The van der Waals surface area contributed by atoms with Crippen LogP contribution in [-0.4, -0.2) is 82.9 Å². The van der Waals surface area contributed by atoms with E-state index in [4.69, 9.17) is 4.99 Å². The molecular weight excluding hydrogens is 526 g/mol. The van der Waals surface area contributed by atoms with Gasteiger partial charge in [0, 0.05) is 19.5 Å². The van der Waals surface area contributed by atoms with Crippen LogP contribution in [0.4, 0.5) is 0 Å². The van der Waals surface area contributed by atoms with Crippen LogP contribution < -0.4 is 5.32 Å². The fourth-order valence-electron chi connectivity index (χ4n) is 5.78. The Morgan fingerprint density at radius 1 is 1.21 bits per heavy atom. The van der Waals surface area contributed by atoms with Crippen molar-refractivity contribution in [2.24, 2.45) is 10.4 Å². The minimum Gasteiger partial charge on any atom is -0.391 e. The van der Waals surface area contributed by atoms with Gasteiger partial charge in [-0.3, -0.25) is 9.59 Å². The number of likely N-dealkylation sites (tertiary alicyclic amines) is 1. The standard InChI is InChI=1S/C26H33N5O5S2/c1-15-20(37-14-27-15)16-6-8-17(9-7-16)26(4)24(34)28-22(29-26)19-12-18(32)13-30(19)23(33)21-25(2,3)10-11-31(21)38(5,35)36/h6-9,14,18-19,21,32H,10-13H2,1-5H3,(H,28,29,34)/t18-,19+,21+,26+/m1/s1. The molecule has 2 saturated heterocycles. The number of aliphatic hydroxyl groups excluding tert-OH is 1. The zero-order valence-corrected chi connectivity index (χ0v) is 23.8. The highest BCUT2D eigenvalue weighted by molar-refractivity contribution is 7.88. The molecule has 10 nitrogen and oxygen atoms in total. The van der Waals surface area contributed by atoms with Crippen molar-refractivity contribution in [1.82, 2.24) is 19.5 Å². The molecule has 2 fully saturated rings. The van der Waals surface area contributed by atoms with Crippen LogP contribution >= 0.6 is 11.3 Å². The van der Waals surface area contributed by atoms with Crippen LogP contribution in [0.2, 0.25) is 0 Å². The fourth-order valence-corrected chi connectivity index (χ4v) is 7.77. The summed E-state index contributed by atoms with van der Waals surface area (Å²) in [6, 6.07) is 6.07. The van der Waals surface area contributed by atoms with Crippen LogP contribution in [0.5, 0.6) is 0 Å². The number of amidine groups is 1. The molecule has 2 amide bonds. The van der Waals surface area contributed by atoms with Crippen molar-refractivity contribution in [3.8, 4) is 10.4 Å². The summed E-state index contributed by atoms with van der Waals surface area (Å²) in [6.45, 7) is 7.74. The van der Waals surface area contributed by atoms with E-state index in [0.717, 1.165) is 22.4 Å². The van der Waals surface area contributed by atoms with Gasteiger partial charge < -0.3 is 15.3 Å². The largest absolute Gasteiger partial charge is 0.391 e. The van der Waals surface area contributed by atoms with E-state index in [-0.39, 0.29) is 31.3 Å². The lowest BCUT2D eigenvalue weighted by Gasteiger charge is -2.35. The monoisotopic (exact) mass is 559 g/mol. The predicted octanol–water partition coefficient (Wildman–Crippen LogP) is 1.88. The van der Waals surface area contributed by atoms with E-state index in [0.29, 0.717) is 17.8 Å². The second kappa shape index (κ2) is 9.22. The topological polar surface area (TPSA) is 132 Å². The average Bonchev–Trinajstić information content (AvgIpc) is 3.59. The summed E-state index contributed by atoms with van der Waals surface area (Å²) >= 11 is 1.55. The first-order chi connectivity index (χ1) is 17.7. The van der Waals surface area contributed by atoms with Crippen molar-refractivity contribution >= 4 is 39.0 Å². The van der Waals surface area contributed by atoms with Gasteiger partial charge in [-0.15, -0.1) is 11.3 Å². The molecule has 1 aromatic carbocycles. The summed E-state index contributed by atoms with van der Waals surface area (Å²) < 4.78 is 26.2. The highest BCUT2D eigenvalue weighted by atomic mass is 32.2. The number of rotatable bonds is 5. The van der Waals surface area contributed by atoms with E-state index in [1.54, 1.807) is 23.8 Å². The minimum absolute atomic E-state index is 0.0438. The number of sulfonamides is 1. The Morgan fingerprint density at radius 3 is 2.50 bits per heavy atom. The Balaban J connectivity index is 1.45. The van der Waals surface area contributed by atoms with Gasteiger partial charge in [0.05, 0.1) is 34.5 Å². The van der Waals surface area contributed by atoms with Crippen LogP contribution in [0.1, 0.15) is 44.9 Å². The lowest BCUT2D eigenvalue weighted by Crippen LogP contribution is -2.55. The van der Waals surface area contributed by atoms with Crippen LogP contribution in [0.3, 0.4) is 0 Å². The van der Waals surface area contributed by atoms with E-state index in [9.17, 15) is 23.1 Å². The highest BCUT2D eigenvalue weighted by Gasteiger charge is 2.53. The van der Waals surface area contributed by atoms with Gasteiger partial charge in [0.15, 0.2) is 5.54 Å². The van der Waals surface area contributed by atoms with E-state index in [1.165, 1.54) is 9.21 Å².